The van der Waals surface area contributed by atoms with Gasteiger partial charge >= 0.3 is 0 Å². The van der Waals surface area contributed by atoms with Crippen molar-refractivity contribution in [3.8, 4) is 0 Å². The molecule has 6 heteroatoms. The zero-order chi connectivity index (χ0) is 17.5. The Bertz CT molecular complexity index is 533. The molecule has 0 fully saturated rings. The summed E-state index contributed by atoms with van der Waals surface area (Å²) in [5, 5.41) is 6.61. The van der Waals surface area contributed by atoms with Crippen LogP contribution in [0.2, 0.25) is 0 Å². The van der Waals surface area contributed by atoms with Crippen LogP contribution >= 0.6 is 24.0 Å². The Hall–Kier alpha value is -1.31. The summed E-state index contributed by atoms with van der Waals surface area (Å²) in [4.78, 5) is 17.7. The molecule has 24 heavy (non-hydrogen) atoms. The number of carbonyl (C=O) groups is 1. The standard InChI is InChI=1S/C18H30N4O.HI/c1-18(2,3)11-12-20-17(19-4)21-13-14-7-9-15(10-8-14)16(23)22(5)6;/h7-10H,11-13H2,1-6H3,(H2,19,20,21);1H. The van der Waals surface area contributed by atoms with Crippen LogP contribution in [0, 0.1) is 5.41 Å². The van der Waals surface area contributed by atoms with Gasteiger partial charge in [0.25, 0.3) is 5.91 Å². The fraction of sp³-hybridized carbons (Fsp3) is 0.556. The summed E-state index contributed by atoms with van der Waals surface area (Å²) in [6, 6.07) is 7.64. The minimum absolute atomic E-state index is 0. The molecule has 2 N–H and O–H groups in total. The Morgan fingerprint density at radius 2 is 1.71 bits per heavy atom. The van der Waals surface area contributed by atoms with E-state index in [1.54, 1.807) is 26.0 Å². The van der Waals surface area contributed by atoms with E-state index in [0.717, 1.165) is 24.5 Å². The number of nitrogens with one attached hydrogen (secondary N) is 2. The van der Waals surface area contributed by atoms with Crippen LogP contribution in [-0.2, 0) is 6.54 Å². The molecule has 5 nitrogen and oxygen atoms in total. The second-order valence-electron chi connectivity index (χ2n) is 7.06. The van der Waals surface area contributed by atoms with Crippen LogP contribution in [0.15, 0.2) is 29.3 Å². The highest BCUT2D eigenvalue weighted by molar-refractivity contribution is 14.0. The maximum atomic E-state index is 11.8. The van der Waals surface area contributed by atoms with Gasteiger partial charge in [0.2, 0.25) is 0 Å². The fourth-order valence-electron chi connectivity index (χ4n) is 1.99. The van der Waals surface area contributed by atoms with Crippen LogP contribution in [-0.4, -0.2) is 44.5 Å². The van der Waals surface area contributed by atoms with E-state index >= 15 is 0 Å². The van der Waals surface area contributed by atoms with Crippen molar-refractivity contribution in [2.75, 3.05) is 27.7 Å². The number of halogens is 1. The van der Waals surface area contributed by atoms with E-state index in [4.69, 9.17) is 0 Å². The van der Waals surface area contributed by atoms with Crippen molar-refractivity contribution in [1.29, 1.82) is 0 Å². The molecule has 0 spiro atoms. The molecule has 0 aliphatic heterocycles. The SMILES string of the molecule is CN=C(NCCC(C)(C)C)NCc1ccc(C(=O)N(C)C)cc1.I. The molecule has 1 amide bonds. The van der Waals surface area contributed by atoms with Crippen LogP contribution < -0.4 is 10.6 Å². The monoisotopic (exact) mass is 446 g/mol. The van der Waals surface area contributed by atoms with E-state index in [2.05, 4.69) is 36.4 Å². The highest BCUT2D eigenvalue weighted by Gasteiger charge is 2.10. The molecular weight excluding hydrogens is 415 g/mol. The maximum Gasteiger partial charge on any atom is 0.253 e. The van der Waals surface area contributed by atoms with E-state index in [0.29, 0.717) is 17.5 Å². The molecule has 1 rings (SSSR count). The minimum atomic E-state index is 0. The van der Waals surface area contributed by atoms with Gasteiger partial charge in [-0.3, -0.25) is 9.79 Å². The zero-order valence-electron chi connectivity index (χ0n) is 15.6. The van der Waals surface area contributed by atoms with Crippen molar-refractivity contribution >= 4 is 35.8 Å². The number of guanidine groups is 1. The van der Waals surface area contributed by atoms with Crippen LogP contribution in [0.1, 0.15) is 43.1 Å². The number of carbonyl (C=O) groups excluding carboxylic acids is 1. The molecule has 136 valence electrons. The molecule has 0 atom stereocenters. The average molecular weight is 446 g/mol. The van der Waals surface area contributed by atoms with Crippen molar-refractivity contribution in [3.63, 3.8) is 0 Å². The molecule has 0 aliphatic rings. The topological polar surface area (TPSA) is 56.7 Å². The highest BCUT2D eigenvalue weighted by atomic mass is 127. The molecule has 0 aliphatic carbocycles. The quantitative estimate of drug-likeness (QED) is 0.415. The van der Waals surface area contributed by atoms with E-state index in [1.807, 2.05) is 24.3 Å². The summed E-state index contributed by atoms with van der Waals surface area (Å²) >= 11 is 0. The first kappa shape index (κ1) is 22.7. The summed E-state index contributed by atoms with van der Waals surface area (Å²) in [7, 11) is 5.28. The Labute approximate surface area is 163 Å². The van der Waals surface area contributed by atoms with Crippen molar-refractivity contribution < 1.29 is 4.79 Å². The second-order valence-corrected chi connectivity index (χ2v) is 7.06. The first-order valence-corrected chi connectivity index (χ1v) is 7.98. The lowest BCUT2D eigenvalue weighted by Gasteiger charge is -2.19. The number of hydrogen-bond acceptors (Lipinski definition) is 2. The summed E-state index contributed by atoms with van der Waals surface area (Å²) in [6.45, 7) is 8.23. The van der Waals surface area contributed by atoms with E-state index in [9.17, 15) is 4.79 Å². The molecule has 1 aromatic carbocycles. The van der Waals surface area contributed by atoms with Gasteiger partial charge in [-0.05, 0) is 29.5 Å². The second kappa shape index (κ2) is 10.5. The smallest absolute Gasteiger partial charge is 0.253 e. The maximum absolute atomic E-state index is 11.8. The normalized spacial score (nSPS) is 11.5. The molecule has 0 aromatic heterocycles. The first-order chi connectivity index (χ1) is 10.7. The van der Waals surface area contributed by atoms with Gasteiger partial charge in [-0.1, -0.05) is 32.9 Å². The summed E-state index contributed by atoms with van der Waals surface area (Å²) in [6.07, 6.45) is 1.08. The Balaban J connectivity index is 0.00000529. The van der Waals surface area contributed by atoms with Gasteiger partial charge in [0, 0.05) is 39.8 Å². The van der Waals surface area contributed by atoms with Gasteiger partial charge in [0.15, 0.2) is 5.96 Å². The molecule has 0 radical (unpaired) electrons. The number of aliphatic imine (C=N–C) groups is 1. The largest absolute Gasteiger partial charge is 0.356 e. The molecule has 1 aromatic rings. The van der Waals surface area contributed by atoms with Crippen LogP contribution in [0.25, 0.3) is 0 Å². The number of hydrogen-bond donors (Lipinski definition) is 2. The van der Waals surface area contributed by atoms with Crippen LogP contribution in [0.4, 0.5) is 0 Å². The van der Waals surface area contributed by atoms with Crippen molar-refractivity contribution in [2.24, 2.45) is 10.4 Å². The predicted octanol–water partition coefficient (Wildman–Crippen LogP) is 3.11. The average Bonchev–Trinajstić information content (AvgIpc) is 2.49. The lowest BCUT2D eigenvalue weighted by molar-refractivity contribution is 0.0827. The summed E-state index contributed by atoms with van der Waals surface area (Å²) in [5.41, 5.74) is 2.12. The first-order valence-electron chi connectivity index (χ1n) is 7.98. The Morgan fingerprint density at radius 1 is 1.12 bits per heavy atom. The minimum Gasteiger partial charge on any atom is -0.356 e. The van der Waals surface area contributed by atoms with Crippen molar-refractivity contribution in [3.05, 3.63) is 35.4 Å². The molecular formula is C18H31IN4O. The van der Waals surface area contributed by atoms with Gasteiger partial charge in [-0.2, -0.15) is 0 Å². The van der Waals surface area contributed by atoms with E-state index < -0.39 is 0 Å². The summed E-state index contributed by atoms with van der Waals surface area (Å²) < 4.78 is 0. The van der Waals surface area contributed by atoms with Crippen molar-refractivity contribution in [2.45, 2.75) is 33.7 Å². The van der Waals surface area contributed by atoms with Crippen LogP contribution in [0.5, 0.6) is 0 Å². The third-order valence-electron chi connectivity index (χ3n) is 3.46. The van der Waals surface area contributed by atoms with Gasteiger partial charge in [-0.15, -0.1) is 24.0 Å². The predicted molar refractivity (Wildman–Crippen MR) is 112 cm³/mol. The molecule has 0 bridgehead atoms. The Morgan fingerprint density at radius 3 is 2.17 bits per heavy atom. The number of nitrogens with zero attached hydrogens (tertiary/aromatic N) is 2. The number of amides is 1. The number of rotatable bonds is 5. The van der Waals surface area contributed by atoms with Gasteiger partial charge in [0.05, 0.1) is 0 Å². The van der Waals surface area contributed by atoms with Gasteiger partial charge < -0.3 is 15.5 Å². The van der Waals surface area contributed by atoms with Gasteiger partial charge in [-0.25, -0.2) is 0 Å². The third kappa shape index (κ3) is 8.52. The molecule has 0 saturated heterocycles. The highest BCUT2D eigenvalue weighted by Crippen LogP contribution is 2.16. The lowest BCUT2D eigenvalue weighted by atomic mass is 9.92. The van der Waals surface area contributed by atoms with Gasteiger partial charge in [0.1, 0.15) is 0 Å². The van der Waals surface area contributed by atoms with E-state index in [1.165, 1.54) is 0 Å². The molecule has 0 unspecified atom stereocenters. The van der Waals surface area contributed by atoms with Crippen molar-refractivity contribution in [1.82, 2.24) is 15.5 Å². The lowest BCUT2D eigenvalue weighted by Crippen LogP contribution is -2.38. The third-order valence-corrected chi connectivity index (χ3v) is 3.46. The molecule has 0 heterocycles. The molecule has 0 saturated carbocycles. The number of benzene rings is 1. The summed E-state index contributed by atoms with van der Waals surface area (Å²) in [5.74, 6) is 0.812. The fourth-order valence-corrected chi connectivity index (χ4v) is 1.99. The Kier molecular flexibility index (Phi) is 9.96. The van der Waals surface area contributed by atoms with E-state index in [-0.39, 0.29) is 29.9 Å². The van der Waals surface area contributed by atoms with Crippen LogP contribution in [0.3, 0.4) is 0 Å². The zero-order valence-corrected chi connectivity index (χ0v) is 18.0.